The predicted molar refractivity (Wildman–Crippen MR) is 65.8 cm³/mol. The van der Waals surface area contributed by atoms with Crippen molar-refractivity contribution in [1.82, 2.24) is 9.78 Å². The molecule has 104 valence electrons. The quantitative estimate of drug-likeness (QED) is 0.925. The molecule has 1 aromatic carbocycles. The van der Waals surface area contributed by atoms with Crippen molar-refractivity contribution < 1.29 is 18.7 Å². The fourth-order valence-electron chi connectivity index (χ4n) is 1.64. The standard InChI is InChI=1S/C13H10F2N2O3/c14-13(15,9-4-2-1-3-5-9)8-17-11(18)7-6-10(16-17)12(19)20/h1-7H,8H2,(H,19,20). The van der Waals surface area contributed by atoms with Gasteiger partial charge in [0.2, 0.25) is 0 Å². The van der Waals surface area contributed by atoms with Crippen molar-refractivity contribution in [3.8, 4) is 0 Å². The summed E-state index contributed by atoms with van der Waals surface area (Å²) in [5, 5.41) is 12.2. The lowest BCUT2D eigenvalue weighted by Crippen LogP contribution is -2.32. The highest BCUT2D eigenvalue weighted by molar-refractivity contribution is 5.84. The highest BCUT2D eigenvalue weighted by Crippen LogP contribution is 2.28. The van der Waals surface area contributed by atoms with Crippen LogP contribution in [0.5, 0.6) is 0 Å². The van der Waals surface area contributed by atoms with Crippen LogP contribution < -0.4 is 5.56 Å². The van der Waals surface area contributed by atoms with Gasteiger partial charge < -0.3 is 5.11 Å². The maximum Gasteiger partial charge on any atom is 0.356 e. The van der Waals surface area contributed by atoms with Crippen molar-refractivity contribution in [2.45, 2.75) is 12.5 Å². The van der Waals surface area contributed by atoms with E-state index in [1.54, 1.807) is 6.07 Å². The number of carbonyl (C=O) groups is 1. The molecule has 1 heterocycles. The van der Waals surface area contributed by atoms with Gasteiger partial charge in [0.1, 0.15) is 6.54 Å². The molecule has 0 bridgehead atoms. The second-order valence-electron chi connectivity index (χ2n) is 4.09. The zero-order valence-electron chi connectivity index (χ0n) is 10.2. The first kappa shape index (κ1) is 13.9. The number of hydrogen-bond donors (Lipinski definition) is 1. The van der Waals surface area contributed by atoms with Gasteiger partial charge in [0.05, 0.1) is 0 Å². The summed E-state index contributed by atoms with van der Waals surface area (Å²) in [5.41, 5.74) is -1.52. The second kappa shape index (κ2) is 5.20. The molecule has 7 heteroatoms. The van der Waals surface area contributed by atoms with Crippen LogP contribution in [0.25, 0.3) is 0 Å². The predicted octanol–water partition coefficient (Wildman–Crippen LogP) is 1.73. The van der Waals surface area contributed by atoms with E-state index < -0.39 is 29.7 Å². The number of carboxylic acids is 1. The van der Waals surface area contributed by atoms with Crippen LogP contribution in [0, 0.1) is 0 Å². The fourth-order valence-corrected chi connectivity index (χ4v) is 1.64. The molecule has 0 saturated heterocycles. The minimum absolute atomic E-state index is 0.269. The fraction of sp³-hybridized carbons (Fsp3) is 0.154. The SMILES string of the molecule is O=C(O)c1ccc(=O)n(CC(F)(F)c2ccccc2)n1. The monoisotopic (exact) mass is 280 g/mol. The Morgan fingerprint density at radius 1 is 1.20 bits per heavy atom. The zero-order chi connectivity index (χ0) is 14.8. The van der Waals surface area contributed by atoms with E-state index in [9.17, 15) is 18.4 Å². The van der Waals surface area contributed by atoms with Crippen molar-refractivity contribution in [2.24, 2.45) is 0 Å². The Morgan fingerprint density at radius 2 is 1.85 bits per heavy atom. The Labute approximate surface area is 112 Å². The molecule has 2 aromatic rings. The highest BCUT2D eigenvalue weighted by atomic mass is 19.3. The molecule has 0 saturated carbocycles. The van der Waals surface area contributed by atoms with Crippen LogP contribution in [0.15, 0.2) is 47.3 Å². The van der Waals surface area contributed by atoms with Crippen molar-refractivity contribution >= 4 is 5.97 Å². The van der Waals surface area contributed by atoms with Gasteiger partial charge in [0.15, 0.2) is 5.69 Å². The molecule has 0 unspecified atom stereocenters. The molecular weight excluding hydrogens is 270 g/mol. The Morgan fingerprint density at radius 3 is 2.45 bits per heavy atom. The number of nitrogens with zero attached hydrogens (tertiary/aromatic N) is 2. The summed E-state index contributed by atoms with van der Waals surface area (Å²) in [6, 6.07) is 8.83. The average Bonchev–Trinajstić information content (AvgIpc) is 2.42. The van der Waals surface area contributed by atoms with Crippen molar-refractivity contribution in [2.75, 3.05) is 0 Å². The summed E-state index contributed by atoms with van der Waals surface area (Å²) < 4.78 is 28.5. The average molecular weight is 280 g/mol. The third-order valence-electron chi connectivity index (χ3n) is 2.63. The normalized spacial score (nSPS) is 11.3. The van der Waals surface area contributed by atoms with E-state index >= 15 is 0 Å². The lowest BCUT2D eigenvalue weighted by atomic mass is 10.1. The first-order chi connectivity index (χ1) is 9.40. The Balaban J connectivity index is 2.36. The Kier molecular flexibility index (Phi) is 3.60. The number of alkyl halides is 2. The second-order valence-corrected chi connectivity index (χ2v) is 4.09. The van der Waals surface area contributed by atoms with Gasteiger partial charge in [-0.05, 0) is 6.07 Å². The lowest BCUT2D eigenvalue weighted by Gasteiger charge is -2.17. The number of halogens is 2. The van der Waals surface area contributed by atoms with Crippen LogP contribution in [-0.2, 0) is 12.5 Å². The van der Waals surface area contributed by atoms with Crippen LogP contribution in [0.4, 0.5) is 8.78 Å². The molecular formula is C13H10F2N2O3. The number of rotatable bonds is 4. The first-order valence-corrected chi connectivity index (χ1v) is 5.65. The molecule has 0 atom stereocenters. The summed E-state index contributed by atoms with van der Waals surface area (Å²) in [6.07, 6.45) is 0. The number of aromatic carboxylic acids is 1. The van der Waals surface area contributed by atoms with Crippen LogP contribution in [0.3, 0.4) is 0 Å². The molecule has 0 aliphatic carbocycles. The van der Waals surface area contributed by atoms with Gasteiger partial charge in [0, 0.05) is 11.6 Å². The van der Waals surface area contributed by atoms with Crippen molar-refractivity contribution in [3.05, 3.63) is 64.1 Å². The topological polar surface area (TPSA) is 72.2 Å². The molecule has 0 radical (unpaired) electrons. The maximum absolute atomic E-state index is 14.0. The van der Waals surface area contributed by atoms with Crippen LogP contribution in [-0.4, -0.2) is 20.9 Å². The summed E-state index contributed by atoms with van der Waals surface area (Å²) in [5.74, 6) is -4.71. The molecule has 0 spiro atoms. The van der Waals surface area contributed by atoms with Crippen LogP contribution in [0.1, 0.15) is 16.1 Å². The largest absolute Gasteiger partial charge is 0.476 e. The van der Waals surface area contributed by atoms with Crippen molar-refractivity contribution in [1.29, 1.82) is 0 Å². The molecule has 0 fully saturated rings. The van der Waals surface area contributed by atoms with E-state index in [1.807, 2.05) is 0 Å². The Bertz CT molecular complexity index is 684. The summed E-state index contributed by atoms with van der Waals surface area (Å²) >= 11 is 0. The number of benzene rings is 1. The van der Waals surface area contributed by atoms with Gasteiger partial charge in [-0.25, -0.2) is 9.48 Å². The number of hydrogen-bond acceptors (Lipinski definition) is 3. The van der Waals surface area contributed by atoms with Gasteiger partial charge in [-0.15, -0.1) is 0 Å². The van der Waals surface area contributed by atoms with E-state index in [1.165, 1.54) is 24.3 Å². The van der Waals surface area contributed by atoms with Crippen LogP contribution >= 0.6 is 0 Å². The van der Waals surface area contributed by atoms with Gasteiger partial charge in [-0.2, -0.15) is 13.9 Å². The minimum atomic E-state index is -3.32. The molecule has 0 aliphatic heterocycles. The Hall–Kier alpha value is -2.57. The van der Waals surface area contributed by atoms with Crippen LogP contribution in [0.2, 0.25) is 0 Å². The smallest absolute Gasteiger partial charge is 0.356 e. The van der Waals surface area contributed by atoms with Gasteiger partial charge in [0.25, 0.3) is 11.5 Å². The van der Waals surface area contributed by atoms with Gasteiger partial charge >= 0.3 is 5.97 Å². The lowest BCUT2D eigenvalue weighted by molar-refractivity contribution is -0.0269. The molecule has 1 N–H and O–H groups in total. The molecule has 0 aliphatic rings. The van der Waals surface area contributed by atoms with Crippen molar-refractivity contribution in [3.63, 3.8) is 0 Å². The number of aromatic nitrogens is 2. The molecule has 20 heavy (non-hydrogen) atoms. The van der Waals surface area contributed by atoms with E-state index in [0.29, 0.717) is 4.68 Å². The van der Waals surface area contributed by atoms with E-state index in [2.05, 4.69) is 5.10 Å². The van der Waals surface area contributed by atoms with Gasteiger partial charge in [-0.3, -0.25) is 4.79 Å². The summed E-state index contributed by atoms with van der Waals surface area (Å²) in [7, 11) is 0. The molecule has 2 rings (SSSR count). The molecule has 5 nitrogen and oxygen atoms in total. The maximum atomic E-state index is 14.0. The third kappa shape index (κ3) is 2.87. The summed E-state index contributed by atoms with van der Waals surface area (Å²) in [4.78, 5) is 22.2. The highest BCUT2D eigenvalue weighted by Gasteiger charge is 2.33. The van der Waals surface area contributed by atoms with E-state index in [4.69, 9.17) is 5.11 Å². The first-order valence-electron chi connectivity index (χ1n) is 5.65. The van der Waals surface area contributed by atoms with Gasteiger partial charge in [-0.1, -0.05) is 30.3 Å². The third-order valence-corrected chi connectivity index (χ3v) is 2.63. The molecule has 1 aromatic heterocycles. The zero-order valence-corrected chi connectivity index (χ0v) is 10.2. The summed E-state index contributed by atoms with van der Waals surface area (Å²) in [6.45, 7) is -1.02. The number of carboxylic acid groups (broad SMARTS) is 1. The minimum Gasteiger partial charge on any atom is -0.476 e. The molecule has 0 amide bonds. The van der Waals surface area contributed by atoms with E-state index in [0.717, 1.165) is 12.1 Å². The van der Waals surface area contributed by atoms with E-state index in [-0.39, 0.29) is 5.56 Å².